The second-order valence-electron chi connectivity index (χ2n) is 5.78. The van der Waals surface area contributed by atoms with Gasteiger partial charge < -0.3 is 15.4 Å². The number of nitrogens with one attached hydrogen (secondary N) is 2. The molecule has 3 unspecified atom stereocenters. The van der Waals surface area contributed by atoms with Crippen molar-refractivity contribution in [3.8, 4) is 0 Å². The highest BCUT2D eigenvalue weighted by atomic mass is 16.5. The standard InChI is InChI=1S/C16H22N2O2/c1-20-14-7-6-13(9-14)18-16(19)15-8-11-4-2-3-5-12(11)10-17-15/h2-5,13-15,17H,6-10H2,1H3,(H,18,19). The second kappa shape index (κ2) is 5.94. The zero-order valence-corrected chi connectivity index (χ0v) is 11.9. The van der Waals surface area contributed by atoms with Gasteiger partial charge in [-0.25, -0.2) is 0 Å². The summed E-state index contributed by atoms with van der Waals surface area (Å²) < 4.78 is 5.35. The number of carbonyl (C=O) groups excluding carboxylic acids is 1. The van der Waals surface area contributed by atoms with Gasteiger partial charge in [0.15, 0.2) is 0 Å². The number of benzene rings is 1. The summed E-state index contributed by atoms with van der Waals surface area (Å²) in [6.45, 7) is 0.777. The number of rotatable bonds is 3. The van der Waals surface area contributed by atoms with E-state index in [1.807, 2.05) is 12.1 Å². The third-order valence-electron chi connectivity index (χ3n) is 4.46. The van der Waals surface area contributed by atoms with Crippen molar-refractivity contribution in [3.63, 3.8) is 0 Å². The number of amides is 1. The van der Waals surface area contributed by atoms with Gasteiger partial charge in [0.25, 0.3) is 0 Å². The van der Waals surface area contributed by atoms with Crippen molar-refractivity contribution in [2.24, 2.45) is 0 Å². The van der Waals surface area contributed by atoms with Gasteiger partial charge in [-0.15, -0.1) is 0 Å². The first kappa shape index (κ1) is 13.6. The van der Waals surface area contributed by atoms with Gasteiger partial charge in [0.2, 0.25) is 5.91 Å². The Kier molecular flexibility index (Phi) is 4.03. The summed E-state index contributed by atoms with van der Waals surface area (Å²) in [7, 11) is 1.74. The van der Waals surface area contributed by atoms with Gasteiger partial charge in [0, 0.05) is 19.7 Å². The van der Waals surface area contributed by atoms with Crippen molar-refractivity contribution in [3.05, 3.63) is 35.4 Å². The molecule has 1 aliphatic carbocycles. The number of methoxy groups -OCH3 is 1. The molecule has 0 aromatic heterocycles. The van der Waals surface area contributed by atoms with Crippen LogP contribution in [0.4, 0.5) is 0 Å². The number of ether oxygens (including phenoxy) is 1. The average Bonchev–Trinajstić information content (AvgIpc) is 2.94. The minimum atomic E-state index is -0.105. The summed E-state index contributed by atoms with van der Waals surface area (Å²) in [6, 6.07) is 8.49. The van der Waals surface area contributed by atoms with Crippen LogP contribution in [0, 0.1) is 0 Å². The molecular weight excluding hydrogens is 252 g/mol. The van der Waals surface area contributed by atoms with Crippen molar-refractivity contribution in [1.29, 1.82) is 0 Å². The first-order chi connectivity index (χ1) is 9.76. The van der Waals surface area contributed by atoms with Gasteiger partial charge in [-0.1, -0.05) is 24.3 Å². The van der Waals surface area contributed by atoms with E-state index in [-0.39, 0.29) is 18.0 Å². The molecule has 1 heterocycles. The van der Waals surface area contributed by atoms with Gasteiger partial charge in [-0.05, 0) is 36.8 Å². The fourth-order valence-electron chi connectivity index (χ4n) is 3.23. The Morgan fingerprint density at radius 3 is 2.85 bits per heavy atom. The molecule has 4 nitrogen and oxygen atoms in total. The first-order valence-corrected chi connectivity index (χ1v) is 7.39. The quantitative estimate of drug-likeness (QED) is 0.875. The molecule has 0 spiro atoms. The van der Waals surface area contributed by atoms with Crippen LogP contribution in [0.15, 0.2) is 24.3 Å². The highest BCUT2D eigenvalue weighted by molar-refractivity contribution is 5.82. The predicted molar refractivity (Wildman–Crippen MR) is 77.4 cm³/mol. The zero-order valence-electron chi connectivity index (χ0n) is 11.9. The summed E-state index contributed by atoms with van der Waals surface area (Å²) in [6.07, 6.45) is 4.09. The zero-order chi connectivity index (χ0) is 13.9. The summed E-state index contributed by atoms with van der Waals surface area (Å²) in [5.74, 6) is 0.126. The molecule has 4 heteroatoms. The summed E-state index contributed by atoms with van der Waals surface area (Å²) >= 11 is 0. The lowest BCUT2D eigenvalue weighted by Crippen LogP contribution is -2.50. The molecule has 0 radical (unpaired) electrons. The Morgan fingerprint density at radius 2 is 2.10 bits per heavy atom. The van der Waals surface area contributed by atoms with Crippen LogP contribution < -0.4 is 10.6 Å². The van der Waals surface area contributed by atoms with Crippen LogP contribution in [0.2, 0.25) is 0 Å². The third-order valence-corrected chi connectivity index (χ3v) is 4.46. The van der Waals surface area contributed by atoms with Crippen LogP contribution in [-0.4, -0.2) is 31.2 Å². The molecule has 1 saturated carbocycles. The van der Waals surface area contributed by atoms with Crippen LogP contribution in [-0.2, 0) is 22.5 Å². The van der Waals surface area contributed by atoms with Crippen LogP contribution >= 0.6 is 0 Å². The van der Waals surface area contributed by atoms with Crippen molar-refractivity contribution < 1.29 is 9.53 Å². The van der Waals surface area contributed by atoms with Crippen LogP contribution in [0.5, 0.6) is 0 Å². The molecule has 108 valence electrons. The summed E-state index contributed by atoms with van der Waals surface area (Å²) in [5, 5.41) is 6.49. The average molecular weight is 274 g/mol. The lowest BCUT2D eigenvalue weighted by Gasteiger charge is -2.26. The van der Waals surface area contributed by atoms with Crippen LogP contribution in [0.3, 0.4) is 0 Å². The number of hydrogen-bond acceptors (Lipinski definition) is 3. The summed E-state index contributed by atoms with van der Waals surface area (Å²) in [4.78, 5) is 12.3. The van der Waals surface area contributed by atoms with E-state index in [1.165, 1.54) is 11.1 Å². The largest absolute Gasteiger partial charge is 0.381 e. The van der Waals surface area contributed by atoms with Crippen molar-refractivity contribution in [2.45, 2.75) is 50.4 Å². The highest BCUT2D eigenvalue weighted by Gasteiger charge is 2.29. The number of hydrogen-bond donors (Lipinski definition) is 2. The van der Waals surface area contributed by atoms with Crippen molar-refractivity contribution in [2.75, 3.05) is 7.11 Å². The molecule has 1 aliphatic heterocycles. The number of carbonyl (C=O) groups is 1. The second-order valence-corrected chi connectivity index (χ2v) is 5.78. The molecule has 1 aromatic carbocycles. The predicted octanol–water partition coefficient (Wildman–Crippen LogP) is 1.38. The van der Waals surface area contributed by atoms with E-state index >= 15 is 0 Å². The molecule has 0 bridgehead atoms. The van der Waals surface area contributed by atoms with Gasteiger partial charge in [-0.2, -0.15) is 0 Å². The van der Waals surface area contributed by atoms with E-state index in [2.05, 4.69) is 22.8 Å². The Morgan fingerprint density at radius 1 is 1.30 bits per heavy atom. The molecule has 2 N–H and O–H groups in total. The van der Waals surface area contributed by atoms with Crippen molar-refractivity contribution in [1.82, 2.24) is 10.6 Å². The maximum absolute atomic E-state index is 12.3. The van der Waals surface area contributed by atoms with E-state index in [0.717, 1.165) is 32.2 Å². The van der Waals surface area contributed by atoms with Crippen LogP contribution in [0.1, 0.15) is 30.4 Å². The molecular formula is C16H22N2O2. The minimum Gasteiger partial charge on any atom is -0.381 e. The monoisotopic (exact) mass is 274 g/mol. The van der Waals surface area contributed by atoms with E-state index in [4.69, 9.17) is 4.74 Å². The SMILES string of the molecule is COC1CCC(NC(=O)C2Cc3ccccc3CN2)C1. The Balaban J connectivity index is 1.57. The van der Waals surface area contributed by atoms with E-state index in [9.17, 15) is 4.79 Å². The fourth-order valence-corrected chi connectivity index (χ4v) is 3.23. The molecule has 3 atom stereocenters. The van der Waals surface area contributed by atoms with E-state index in [0.29, 0.717) is 6.10 Å². The van der Waals surface area contributed by atoms with Gasteiger partial charge in [-0.3, -0.25) is 4.79 Å². The number of fused-ring (bicyclic) bond motifs is 1. The Labute approximate surface area is 119 Å². The molecule has 20 heavy (non-hydrogen) atoms. The van der Waals surface area contributed by atoms with E-state index in [1.54, 1.807) is 7.11 Å². The fraction of sp³-hybridized carbons (Fsp3) is 0.562. The lowest BCUT2D eigenvalue weighted by molar-refractivity contribution is -0.124. The Hall–Kier alpha value is -1.39. The first-order valence-electron chi connectivity index (χ1n) is 7.39. The molecule has 1 amide bonds. The topological polar surface area (TPSA) is 50.4 Å². The lowest BCUT2D eigenvalue weighted by atomic mass is 9.95. The molecule has 3 rings (SSSR count). The molecule has 0 saturated heterocycles. The normalized spacial score (nSPS) is 28.9. The van der Waals surface area contributed by atoms with Gasteiger partial charge >= 0.3 is 0 Å². The van der Waals surface area contributed by atoms with Gasteiger partial charge in [0.1, 0.15) is 0 Å². The smallest absolute Gasteiger partial charge is 0.237 e. The summed E-state index contributed by atoms with van der Waals surface area (Å²) in [5.41, 5.74) is 2.59. The Bertz CT molecular complexity index is 489. The minimum absolute atomic E-state index is 0.105. The van der Waals surface area contributed by atoms with Crippen molar-refractivity contribution >= 4 is 5.91 Å². The molecule has 1 aromatic rings. The van der Waals surface area contributed by atoms with Crippen LogP contribution in [0.25, 0.3) is 0 Å². The maximum atomic E-state index is 12.3. The highest BCUT2D eigenvalue weighted by Crippen LogP contribution is 2.22. The van der Waals surface area contributed by atoms with Gasteiger partial charge in [0.05, 0.1) is 12.1 Å². The molecule has 2 aliphatic rings. The molecule has 1 fully saturated rings. The third kappa shape index (κ3) is 2.86. The van der Waals surface area contributed by atoms with E-state index < -0.39 is 0 Å². The maximum Gasteiger partial charge on any atom is 0.237 e.